The van der Waals surface area contributed by atoms with Crippen LogP contribution >= 0.6 is 0 Å². The van der Waals surface area contributed by atoms with Crippen LogP contribution in [0.3, 0.4) is 0 Å². The summed E-state index contributed by atoms with van der Waals surface area (Å²) in [6, 6.07) is 5.67. The number of carbonyl (C=O) groups is 2. The van der Waals surface area contributed by atoms with Crippen LogP contribution in [0.2, 0.25) is 0 Å². The minimum atomic E-state index is -0.366. The number of nitrogens with zero attached hydrogens (tertiary/aromatic N) is 1. The van der Waals surface area contributed by atoms with Crippen molar-refractivity contribution < 1.29 is 9.59 Å². The predicted molar refractivity (Wildman–Crippen MR) is 80.9 cm³/mol. The van der Waals surface area contributed by atoms with Gasteiger partial charge in [-0.2, -0.15) is 0 Å². The van der Waals surface area contributed by atoms with Crippen LogP contribution in [0.15, 0.2) is 24.4 Å². The van der Waals surface area contributed by atoms with E-state index in [1.807, 2.05) is 31.3 Å². The number of amides is 2. The van der Waals surface area contributed by atoms with Crippen molar-refractivity contribution in [2.75, 3.05) is 13.6 Å². The molecule has 1 saturated heterocycles. The molecule has 0 aliphatic carbocycles. The molecule has 1 unspecified atom stereocenters. The Balaban J connectivity index is 1.72. The van der Waals surface area contributed by atoms with Crippen molar-refractivity contribution >= 4 is 22.7 Å². The second kappa shape index (κ2) is 5.24. The van der Waals surface area contributed by atoms with Gasteiger partial charge in [-0.1, -0.05) is 18.2 Å². The first-order valence-electron chi connectivity index (χ1n) is 7.16. The molecule has 0 bridgehead atoms. The molecule has 1 aromatic carbocycles. The Hall–Kier alpha value is -2.30. The monoisotopic (exact) mass is 285 g/mol. The molecule has 1 aromatic heterocycles. The molecule has 21 heavy (non-hydrogen) atoms. The highest BCUT2D eigenvalue weighted by Crippen LogP contribution is 2.21. The minimum absolute atomic E-state index is 0.00174. The van der Waals surface area contributed by atoms with Crippen molar-refractivity contribution in [3.8, 4) is 0 Å². The molecule has 110 valence electrons. The molecular weight excluding hydrogens is 266 g/mol. The molecule has 1 aliphatic heterocycles. The van der Waals surface area contributed by atoms with Crippen LogP contribution in [0.1, 0.15) is 17.5 Å². The normalized spacial score (nSPS) is 18.5. The first-order valence-corrected chi connectivity index (χ1v) is 7.16. The van der Waals surface area contributed by atoms with Gasteiger partial charge in [-0.05, 0) is 24.5 Å². The van der Waals surface area contributed by atoms with Gasteiger partial charge in [-0.25, -0.2) is 0 Å². The molecule has 1 aliphatic rings. The third kappa shape index (κ3) is 2.51. The number of benzene rings is 1. The number of hydrogen-bond acceptors (Lipinski definition) is 2. The maximum Gasteiger partial charge on any atom is 0.244 e. The maximum atomic E-state index is 12.2. The van der Waals surface area contributed by atoms with E-state index in [4.69, 9.17) is 0 Å². The third-order valence-corrected chi connectivity index (χ3v) is 4.12. The lowest BCUT2D eigenvalue weighted by molar-refractivity contribution is -0.131. The van der Waals surface area contributed by atoms with E-state index in [2.05, 4.69) is 10.3 Å². The summed E-state index contributed by atoms with van der Waals surface area (Å²) in [4.78, 5) is 28.8. The number of likely N-dealkylation sites (N-methyl/N-ethyl adjacent to an activating group) is 1. The van der Waals surface area contributed by atoms with Crippen LogP contribution in [-0.4, -0.2) is 41.3 Å². The van der Waals surface area contributed by atoms with E-state index in [0.717, 1.165) is 22.0 Å². The van der Waals surface area contributed by atoms with E-state index in [1.54, 1.807) is 11.9 Å². The van der Waals surface area contributed by atoms with Crippen LogP contribution < -0.4 is 5.32 Å². The fraction of sp³-hybridized carbons (Fsp3) is 0.375. The zero-order valence-electron chi connectivity index (χ0n) is 12.3. The Labute approximate surface area is 123 Å². The average molecular weight is 285 g/mol. The van der Waals surface area contributed by atoms with Gasteiger partial charge in [-0.15, -0.1) is 0 Å². The molecule has 2 aromatic rings. The predicted octanol–water partition coefficient (Wildman–Crippen LogP) is 1.37. The molecule has 0 saturated carbocycles. The Morgan fingerprint density at radius 3 is 3.00 bits per heavy atom. The van der Waals surface area contributed by atoms with Crippen LogP contribution in [-0.2, 0) is 16.0 Å². The number of hydrogen-bond donors (Lipinski definition) is 2. The summed E-state index contributed by atoms with van der Waals surface area (Å²) in [6.07, 6.45) is 2.85. The number of aryl methyl sites for hydroxylation is 1. The van der Waals surface area contributed by atoms with Crippen molar-refractivity contribution in [3.63, 3.8) is 0 Å². The molecule has 1 atom stereocenters. The smallest absolute Gasteiger partial charge is 0.244 e. The molecule has 5 nitrogen and oxygen atoms in total. The van der Waals surface area contributed by atoms with Crippen LogP contribution in [0, 0.1) is 6.92 Å². The van der Waals surface area contributed by atoms with Gasteiger partial charge in [0.15, 0.2) is 0 Å². The lowest BCUT2D eigenvalue weighted by atomic mass is 10.1. The Bertz CT molecular complexity index is 705. The summed E-state index contributed by atoms with van der Waals surface area (Å²) in [5, 5.41) is 3.90. The summed E-state index contributed by atoms with van der Waals surface area (Å²) < 4.78 is 0. The molecule has 0 radical (unpaired) electrons. The average Bonchev–Trinajstić information content (AvgIpc) is 2.99. The van der Waals surface area contributed by atoms with Crippen LogP contribution in [0.5, 0.6) is 0 Å². The number of carbonyl (C=O) groups excluding carboxylic acids is 2. The molecular formula is C16H19N3O2. The summed E-state index contributed by atoms with van der Waals surface area (Å²) >= 11 is 0. The second-order valence-corrected chi connectivity index (χ2v) is 5.66. The zero-order chi connectivity index (χ0) is 15.0. The van der Waals surface area contributed by atoms with Crippen molar-refractivity contribution in [2.24, 2.45) is 0 Å². The number of para-hydroxylation sites is 1. The number of likely N-dealkylation sites (tertiary alicyclic amines) is 1. The van der Waals surface area contributed by atoms with Crippen molar-refractivity contribution in [3.05, 3.63) is 35.5 Å². The van der Waals surface area contributed by atoms with E-state index in [-0.39, 0.29) is 24.3 Å². The molecule has 5 heteroatoms. The minimum Gasteiger partial charge on any atom is -0.361 e. The van der Waals surface area contributed by atoms with Gasteiger partial charge < -0.3 is 15.2 Å². The molecule has 3 rings (SSSR count). The highest BCUT2D eigenvalue weighted by molar-refractivity contribution is 5.93. The van der Waals surface area contributed by atoms with Gasteiger partial charge >= 0.3 is 0 Å². The Morgan fingerprint density at radius 2 is 2.29 bits per heavy atom. The first-order chi connectivity index (χ1) is 10.1. The lowest BCUT2D eigenvalue weighted by Gasteiger charge is -2.12. The van der Waals surface area contributed by atoms with Crippen LogP contribution in [0.25, 0.3) is 10.9 Å². The number of aromatic amines is 1. The highest BCUT2D eigenvalue weighted by Gasteiger charge is 2.30. The number of H-pyrrole nitrogens is 1. The largest absolute Gasteiger partial charge is 0.361 e. The van der Waals surface area contributed by atoms with E-state index in [9.17, 15) is 9.59 Å². The molecule has 2 heterocycles. The Morgan fingerprint density at radius 1 is 1.48 bits per heavy atom. The summed E-state index contributed by atoms with van der Waals surface area (Å²) in [7, 11) is 1.76. The van der Waals surface area contributed by atoms with Gasteiger partial charge in [-0.3, -0.25) is 9.59 Å². The first kappa shape index (κ1) is 13.7. The molecule has 0 spiro atoms. The molecule has 2 amide bonds. The van der Waals surface area contributed by atoms with Gasteiger partial charge in [0.2, 0.25) is 11.8 Å². The van der Waals surface area contributed by atoms with E-state index in [0.29, 0.717) is 13.0 Å². The van der Waals surface area contributed by atoms with E-state index >= 15 is 0 Å². The topological polar surface area (TPSA) is 65.2 Å². The second-order valence-electron chi connectivity index (χ2n) is 5.66. The van der Waals surface area contributed by atoms with E-state index < -0.39 is 0 Å². The third-order valence-electron chi connectivity index (χ3n) is 4.12. The van der Waals surface area contributed by atoms with Gasteiger partial charge in [0, 0.05) is 30.7 Å². The summed E-state index contributed by atoms with van der Waals surface area (Å²) in [6.45, 7) is 2.74. The Kier molecular flexibility index (Phi) is 3.41. The molecule has 2 N–H and O–H groups in total. The summed E-state index contributed by atoms with van der Waals surface area (Å²) in [5.41, 5.74) is 3.19. The standard InChI is InChI=1S/C16H19N3O2/c1-10-4-3-5-12-11(9-17-15(10)12)8-14(20)18-13-6-7-19(2)16(13)21/h3-5,9,13,17H,6-8H2,1-2H3,(H,18,20). The zero-order valence-corrected chi connectivity index (χ0v) is 12.3. The fourth-order valence-electron chi connectivity index (χ4n) is 2.88. The lowest BCUT2D eigenvalue weighted by Crippen LogP contribution is -2.41. The maximum absolute atomic E-state index is 12.2. The number of nitrogens with one attached hydrogen (secondary N) is 2. The van der Waals surface area contributed by atoms with Gasteiger partial charge in [0.1, 0.15) is 6.04 Å². The molecule has 1 fully saturated rings. The number of aromatic nitrogens is 1. The summed E-state index contributed by atoms with van der Waals surface area (Å²) in [5.74, 6) is -0.107. The highest BCUT2D eigenvalue weighted by atomic mass is 16.2. The van der Waals surface area contributed by atoms with Gasteiger partial charge in [0.05, 0.1) is 6.42 Å². The van der Waals surface area contributed by atoms with Gasteiger partial charge in [0.25, 0.3) is 0 Å². The SMILES string of the molecule is Cc1cccc2c(CC(=O)NC3CCN(C)C3=O)c[nH]c12. The number of fused-ring (bicyclic) bond motifs is 1. The number of rotatable bonds is 3. The fourth-order valence-corrected chi connectivity index (χ4v) is 2.88. The van der Waals surface area contributed by atoms with Crippen molar-refractivity contribution in [1.82, 2.24) is 15.2 Å². The van der Waals surface area contributed by atoms with Crippen molar-refractivity contribution in [1.29, 1.82) is 0 Å². The van der Waals surface area contributed by atoms with Crippen LogP contribution in [0.4, 0.5) is 0 Å². The van der Waals surface area contributed by atoms with E-state index in [1.165, 1.54) is 0 Å². The van der Waals surface area contributed by atoms with Crippen molar-refractivity contribution in [2.45, 2.75) is 25.8 Å². The quantitative estimate of drug-likeness (QED) is 0.894.